The van der Waals surface area contributed by atoms with E-state index in [4.69, 9.17) is 4.98 Å². The second-order valence-electron chi connectivity index (χ2n) is 11.0. The minimum Gasteiger partial charge on any atom is -0.354 e. The number of hydrogen-bond acceptors (Lipinski definition) is 5. The number of amides is 1. The van der Waals surface area contributed by atoms with E-state index in [1.807, 2.05) is 32.2 Å². The van der Waals surface area contributed by atoms with Gasteiger partial charge in [0.1, 0.15) is 5.82 Å². The first-order valence-corrected chi connectivity index (χ1v) is 14.3. The van der Waals surface area contributed by atoms with Crippen LogP contribution in [0.4, 0.5) is 5.82 Å². The predicted octanol–water partition coefficient (Wildman–Crippen LogP) is 4.88. The summed E-state index contributed by atoms with van der Waals surface area (Å²) in [5.74, 6) is 0.780. The Morgan fingerprint density at radius 3 is 2.58 bits per heavy atom. The SMILES string of the molecule is CCCc1cc(C)[nH]c(=O)c1CNC(=O)c1cc(-c2ccc(N3CCNCC3)nc2)c2ccn(C(C)C)c2c1C. The van der Waals surface area contributed by atoms with Gasteiger partial charge in [0.2, 0.25) is 0 Å². The van der Waals surface area contributed by atoms with Crippen molar-refractivity contribution < 1.29 is 4.79 Å². The number of anilines is 1. The van der Waals surface area contributed by atoms with Gasteiger partial charge >= 0.3 is 0 Å². The molecule has 0 atom stereocenters. The summed E-state index contributed by atoms with van der Waals surface area (Å²) < 4.78 is 2.22. The maximum Gasteiger partial charge on any atom is 0.253 e. The Morgan fingerprint density at radius 2 is 1.90 bits per heavy atom. The third-order valence-electron chi connectivity index (χ3n) is 7.86. The molecule has 0 spiro atoms. The second-order valence-corrected chi connectivity index (χ2v) is 11.0. The standard InChI is InChI=1S/C32H40N6O2/c1-6-7-23-16-21(4)36-32(40)28(23)19-35-31(39)26-17-27(25-10-13-38(20(2)3)30(25)22(26)5)24-8-9-29(34-18-24)37-14-11-33-12-15-37/h8-10,13,16-18,20,33H,6-7,11-12,14-15,19H2,1-5H3,(H,35,39)(H,36,40). The predicted molar refractivity (Wildman–Crippen MR) is 162 cm³/mol. The van der Waals surface area contributed by atoms with Crippen LogP contribution in [0.25, 0.3) is 22.0 Å². The van der Waals surface area contributed by atoms with Crippen LogP contribution in [-0.2, 0) is 13.0 Å². The van der Waals surface area contributed by atoms with Crippen LogP contribution in [0.5, 0.6) is 0 Å². The van der Waals surface area contributed by atoms with Crippen LogP contribution in [0.1, 0.15) is 66.0 Å². The summed E-state index contributed by atoms with van der Waals surface area (Å²) in [4.78, 5) is 36.5. The zero-order chi connectivity index (χ0) is 28.4. The monoisotopic (exact) mass is 540 g/mol. The fourth-order valence-corrected chi connectivity index (χ4v) is 5.78. The van der Waals surface area contributed by atoms with Gasteiger partial charge in [-0.25, -0.2) is 4.98 Å². The molecule has 0 unspecified atom stereocenters. The Hall–Kier alpha value is -3.91. The van der Waals surface area contributed by atoms with Gasteiger partial charge in [-0.1, -0.05) is 13.3 Å². The Kier molecular flexibility index (Phi) is 8.07. The van der Waals surface area contributed by atoms with Crippen molar-refractivity contribution in [2.75, 3.05) is 31.1 Å². The molecule has 4 aromatic rings. The van der Waals surface area contributed by atoms with Crippen molar-refractivity contribution >= 4 is 22.6 Å². The van der Waals surface area contributed by atoms with E-state index >= 15 is 0 Å². The maximum absolute atomic E-state index is 13.7. The van der Waals surface area contributed by atoms with Gasteiger partial charge < -0.3 is 25.1 Å². The summed E-state index contributed by atoms with van der Waals surface area (Å²) in [5.41, 5.74) is 6.83. The molecule has 1 saturated heterocycles. The van der Waals surface area contributed by atoms with Crippen molar-refractivity contribution in [1.29, 1.82) is 0 Å². The highest BCUT2D eigenvalue weighted by Gasteiger charge is 2.21. The van der Waals surface area contributed by atoms with E-state index in [1.165, 1.54) is 0 Å². The summed E-state index contributed by atoms with van der Waals surface area (Å²) >= 11 is 0. The van der Waals surface area contributed by atoms with E-state index in [0.717, 1.165) is 83.7 Å². The van der Waals surface area contributed by atoms with Crippen molar-refractivity contribution in [3.8, 4) is 11.1 Å². The highest BCUT2D eigenvalue weighted by atomic mass is 16.1. The first-order chi connectivity index (χ1) is 19.3. The molecule has 0 saturated carbocycles. The number of carbonyl (C=O) groups excluding carboxylic acids is 1. The molecule has 1 amide bonds. The molecule has 3 N–H and O–H groups in total. The Balaban J connectivity index is 1.52. The number of aromatic amines is 1. The molecule has 5 rings (SSSR count). The van der Waals surface area contributed by atoms with E-state index < -0.39 is 0 Å². The average molecular weight is 541 g/mol. The molecule has 3 aromatic heterocycles. The Morgan fingerprint density at radius 1 is 1.12 bits per heavy atom. The smallest absolute Gasteiger partial charge is 0.253 e. The zero-order valence-corrected chi connectivity index (χ0v) is 24.2. The van der Waals surface area contributed by atoms with Crippen molar-refractivity contribution in [2.24, 2.45) is 0 Å². The van der Waals surface area contributed by atoms with Crippen LogP contribution in [-0.4, -0.2) is 46.6 Å². The number of carbonyl (C=O) groups is 1. The number of pyridine rings is 2. The highest BCUT2D eigenvalue weighted by molar-refractivity contribution is 6.06. The molecule has 8 heteroatoms. The largest absolute Gasteiger partial charge is 0.354 e. The summed E-state index contributed by atoms with van der Waals surface area (Å²) in [6, 6.07) is 10.5. The number of nitrogens with zero attached hydrogens (tertiary/aromatic N) is 3. The van der Waals surface area contributed by atoms with Crippen LogP contribution in [0.3, 0.4) is 0 Å². The third kappa shape index (κ3) is 5.41. The van der Waals surface area contributed by atoms with Crippen molar-refractivity contribution in [2.45, 2.75) is 60.0 Å². The number of hydrogen-bond donors (Lipinski definition) is 3. The van der Waals surface area contributed by atoms with Gasteiger partial charge in [-0.2, -0.15) is 0 Å². The van der Waals surface area contributed by atoms with E-state index in [9.17, 15) is 9.59 Å². The number of H-pyrrole nitrogens is 1. The first-order valence-electron chi connectivity index (χ1n) is 14.3. The molecule has 40 heavy (non-hydrogen) atoms. The van der Waals surface area contributed by atoms with Crippen LogP contribution in [0.15, 0.2) is 47.5 Å². The lowest BCUT2D eigenvalue weighted by atomic mass is 9.95. The maximum atomic E-state index is 13.7. The fraction of sp³-hybridized carbons (Fsp3) is 0.406. The van der Waals surface area contributed by atoms with Gasteiger partial charge in [0.25, 0.3) is 11.5 Å². The first kappa shape index (κ1) is 27.6. The highest BCUT2D eigenvalue weighted by Crippen LogP contribution is 2.35. The molecule has 0 bridgehead atoms. The minimum atomic E-state index is -0.190. The lowest BCUT2D eigenvalue weighted by Gasteiger charge is -2.28. The minimum absolute atomic E-state index is 0.138. The van der Waals surface area contributed by atoms with Gasteiger partial charge in [0.05, 0.1) is 5.52 Å². The molecular formula is C32H40N6O2. The number of nitrogens with one attached hydrogen (secondary N) is 3. The number of benzene rings is 1. The van der Waals surface area contributed by atoms with Crippen LogP contribution >= 0.6 is 0 Å². The quantitative estimate of drug-likeness (QED) is 0.296. The molecular weight excluding hydrogens is 500 g/mol. The molecule has 210 valence electrons. The molecule has 1 aliphatic rings. The van der Waals surface area contributed by atoms with E-state index in [0.29, 0.717) is 11.1 Å². The molecule has 1 aliphatic heterocycles. The van der Waals surface area contributed by atoms with Gasteiger partial charge in [-0.05, 0) is 81.1 Å². The summed E-state index contributed by atoms with van der Waals surface area (Å²) in [7, 11) is 0. The molecule has 1 fully saturated rings. The molecule has 4 heterocycles. The van der Waals surface area contributed by atoms with Gasteiger partial charge in [0, 0.05) is 78.9 Å². The fourth-order valence-electron chi connectivity index (χ4n) is 5.78. The molecule has 0 aliphatic carbocycles. The van der Waals surface area contributed by atoms with Gasteiger partial charge in [-0.3, -0.25) is 9.59 Å². The molecule has 1 aromatic carbocycles. The summed E-state index contributed by atoms with van der Waals surface area (Å²) in [5, 5.41) is 7.53. The topological polar surface area (TPSA) is 95.1 Å². The Bertz CT molecular complexity index is 1580. The Labute approximate surface area is 235 Å². The molecule has 0 radical (unpaired) electrons. The molecule has 8 nitrogen and oxygen atoms in total. The summed E-state index contributed by atoms with van der Waals surface area (Å²) in [6.07, 6.45) is 5.73. The zero-order valence-electron chi connectivity index (χ0n) is 24.2. The van der Waals surface area contributed by atoms with Crippen LogP contribution in [0.2, 0.25) is 0 Å². The normalized spacial score (nSPS) is 13.8. The van der Waals surface area contributed by atoms with E-state index in [2.05, 4.69) is 70.3 Å². The van der Waals surface area contributed by atoms with Crippen molar-refractivity contribution in [3.63, 3.8) is 0 Å². The lowest BCUT2D eigenvalue weighted by Crippen LogP contribution is -2.43. The third-order valence-corrected chi connectivity index (χ3v) is 7.86. The van der Waals surface area contributed by atoms with Crippen molar-refractivity contribution in [3.05, 3.63) is 81.0 Å². The van der Waals surface area contributed by atoms with Gasteiger partial charge in [-0.15, -0.1) is 0 Å². The van der Waals surface area contributed by atoms with Crippen LogP contribution in [0, 0.1) is 13.8 Å². The number of aryl methyl sites for hydroxylation is 3. The number of rotatable bonds is 8. The average Bonchev–Trinajstić information content (AvgIpc) is 3.40. The van der Waals surface area contributed by atoms with E-state index in [1.54, 1.807) is 0 Å². The lowest BCUT2D eigenvalue weighted by molar-refractivity contribution is 0.0950. The van der Waals surface area contributed by atoms with Crippen LogP contribution < -0.4 is 21.1 Å². The number of aromatic nitrogens is 3. The van der Waals surface area contributed by atoms with Crippen molar-refractivity contribution in [1.82, 2.24) is 25.2 Å². The number of piperazine rings is 1. The van der Waals surface area contributed by atoms with Gasteiger partial charge in [0.15, 0.2) is 0 Å². The second kappa shape index (κ2) is 11.7. The number of fused-ring (bicyclic) bond motifs is 1. The summed E-state index contributed by atoms with van der Waals surface area (Å²) in [6.45, 7) is 14.2. The van der Waals surface area contributed by atoms with E-state index in [-0.39, 0.29) is 24.1 Å².